The van der Waals surface area contributed by atoms with Gasteiger partial charge in [-0.15, -0.1) is 0 Å². The summed E-state index contributed by atoms with van der Waals surface area (Å²) >= 11 is 0. The van der Waals surface area contributed by atoms with E-state index in [0.29, 0.717) is 0 Å². The van der Waals surface area contributed by atoms with Gasteiger partial charge in [-0.1, -0.05) is 127 Å². The number of benzene rings is 5. The quantitative estimate of drug-likeness (QED) is 0.201. The lowest BCUT2D eigenvalue weighted by molar-refractivity contribution is 0.429. The molecule has 4 heteroatoms. The molecule has 4 nitrogen and oxygen atoms in total. The van der Waals surface area contributed by atoms with E-state index in [1.54, 1.807) is 6.20 Å². The van der Waals surface area contributed by atoms with Crippen molar-refractivity contribution in [1.82, 2.24) is 5.32 Å². The van der Waals surface area contributed by atoms with Gasteiger partial charge in [0.05, 0.1) is 11.1 Å². The summed E-state index contributed by atoms with van der Waals surface area (Å²) in [6, 6.07) is 44.6. The summed E-state index contributed by atoms with van der Waals surface area (Å²) < 4.78 is 6.52. The number of nitrogens with zero attached hydrogens (tertiary/aromatic N) is 1. The summed E-state index contributed by atoms with van der Waals surface area (Å²) in [5.74, 6) is 1.78. The maximum absolute atomic E-state index is 6.52. The number of hydrogen-bond acceptors (Lipinski definition) is 4. The van der Waals surface area contributed by atoms with Gasteiger partial charge in [0.25, 0.3) is 0 Å². The van der Waals surface area contributed by atoms with Crippen molar-refractivity contribution >= 4 is 22.4 Å². The number of fused-ring (bicyclic) bond motifs is 8. The Bertz CT molecular complexity index is 2140. The van der Waals surface area contributed by atoms with Gasteiger partial charge in [0, 0.05) is 40.7 Å². The lowest BCUT2D eigenvalue weighted by Crippen LogP contribution is -2.39. The summed E-state index contributed by atoms with van der Waals surface area (Å²) in [5.41, 5.74) is 19.4. The van der Waals surface area contributed by atoms with E-state index in [0.717, 1.165) is 57.2 Å². The molecule has 46 heavy (non-hydrogen) atoms. The molecule has 5 aromatic rings. The fourth-order valence-corrected chi connectivity index (χ4v) is 7.53. The molecule has 220 valence electrons. The Morgan fingerprint density at radius 1 is 0.761 bits per heavy atom. The number of nitrogens with two attached hydrogens (primary N) is 1. The normalized spacial score (nSPS) is 18.5. The predicted molar refractivity (Wildman–Crippen MR) is 187 cm³/mol. The number of nitrogens with one attached hydrogen (secondary N) is 1. The molecule has 9 rings (SSSR count). The van der Waals surface area contributed by atoms with Gasteiger partial charge >= 0.3 is 0 Å². The molecule has 0 bridgehead atoms. The van der Waals surface area contributed by atoms with E-state index in [1.165, 1.54) is 28.0 Å². The van der Waals surface area contributed by atoms with E-state index in [1.807, 2.05) is 24.3 Å². The van der Waals surface area contributed by atoms with Crippen LogP contribution in [0.4, 0.5) is 0 Å². The molecular weight excluding hydrogens is 562 g/mol. The molecule has 3 heterocycles. The monoisotopic (exact) mass is 593 g/mol. The lowest BCUT2D eigenvalue weighted by Gasteiger charge is -2.41. The first kappa shape index (κ1) is 26.5. The lowest BCUT2D eigenvalue weighted by atomic mass is 9.67. The number of dihydropyridines is 1. The Morgan fingerprint density at radius 2 is 1.41 bits per heavy atom. The van der Waals surface area contributed by atoms with Crippen LogP contribution in [0.1, 0.15) is 45.0 Å². The Balaban J connectivity index is 1.19. The molecule has 0 radical (unpaired) electrons. The van der Waals surface area contributed by atoms with Gasteiger partial charge in [0.15, 0.2) is 0 Å². The van der Waals surface area contributed by atoms with Crippen molar-refractivity contribution in [1.29, 1.82) is 0 Å². The van der Waals surface area contributed by atoms with Crippen LogP contribution in [0.3, 0.4) is 0 Å². The molecule has 3 N–H and O–H groups in total. The zero-order valence-corrected chi connectivity index (χ0v) is 25.2. The van der Waals surface area contributed by atoms with E-state index >= 15 is 0 Å². The van der Waals surface area contributed by atoms with Crippen LogP contribution in [0.25, 0.3) is 16.7 Å². The molecule has 1 spiro atoms. The molecule has 5 aromatic carbocycles. The zero-order chi connectivity index (χ0) is 30.7. The largest absolute Gasteiger partial charge is 0.457 e. The van der Waals surface area contributed by atoms with Crippen LogP contribution in [0, 0.1) is 0 Å². The van der Waals surface area contributed by atoms with Gasteiger partial charge in [0.1, 0.15) is 17.5 Å². The highest BCUT2D eigenvalue weighted by Crippen LogP contribution is 2.61. The van der Waals surface area contributed by atoms with Crippen LogP contribution in [-0.2, 0) is 5.41 Å². The molecular formula is C42H31N3O. The van der Waals surface area contributed by atoms with Gasteiger partial charge < -0.3 is 15.8 Å². The standard InChI is InChI=1S/C42H31N3O/c43-26-30(27-12-3-1-4-13-27)24-33(28-14-5-2-6-15-28)40-39(45-40)29-21-22-31-32-16-11-23-44-41(32)42(36(31)25-29)34-17-7-9-19-37(34)46-38-20-10-8-18-35(38)42/h1-22,24-26,39,44H,23,43H2/b30-26+,33-24-/t39-/m1/s1. The Kier molecular flexibility index (Phi) is 5.97. The minimum Gasteiger partial charge on any atom is -0.457 e. The van der Waals surface area contributed by atoms with Crippen LogP contribution < -0.4 is 15.8 Å². The summed E-state index contributed by atoms with van der Waals surface area (Å²) in [5, 5.41) is 3.81. The van der Waals surface area contributed by atoms with Crippen molar-refractivity contribution in [3.63, 3.8) is 0 Å². The van der Waals surface area contributed by atoms with Gasteiger partial charge in [-0.2, -0.15) is 0 Å². The van der Waals surface area contributed by atoms with Crippen molar-refractivity contribution in [2.75, 3.05) is 6.54 Å². The van der Waals surface area contributed by atoms with Gasteiger partial charge in [0.2, 0.25) is 0 Å². The van der Waals surface area contributed by atoms with Crippen LogP contribution in [0.5, 0.6) is 11.5 Å². The van der Waals surface area contributed by atoms with Gasteiger partial charge in [-0.05, 0) is 51.6 Å². The molecule has 0 unspecified atom stereocenters. The first-order valence-corrected chi connectivity index (χ1v) is 15.8. The second-order valence-electron chi connectivity index (χ2n) is 12.1. The van der Waals surface area contributed by atoms with E-state index in [9.17, 15) is 0 Å². The number of para-hydroxylation sites is 2. The fraction of sp³-hybridized carbons (Fsp3) is 0.0714. The summed E-state index contributed by atoms with van der Waals surface area (Å²) in [6.45, 7) is 0.784. The second-order valence-corrected chi connectivity index (χ2v) is 12.1. The molecule has 0 aromatic heterocycles. The first-order chi connectivity index (χ1) is 22.8. The SMILES string of the molecule is N/C=C(\C=C(/C1=N[C@@H]1c1ccc2c(c1)C1(C3=C2C=CCN3)c2ccccc2Oc2ccccc21)c1ccccc1)c1ccccc1. The maximum atomic E-state index is 6.52. The minimum atomic E-state index is -0.521. The minimum absolute atomic E-state index is 0.0462. The Labute approximate surface area is 268 Å². The van der Waals surface area contributed by atoms with Gasteiger partial charge in [-0.3, -0.25) is 4.99 Å². The van der Waals surface area contributed by atoms with Gasteiger partial charge in [-0.25, -0.2) is 0 Å². The van der Waals surface area contributed by atoms with Crippen molar-refractivity contribution < 1.29 is 4.74 Å². The number of hydrogen-bond donors (Lipinski definition) is 2. The molecule has 0 fully saturated rings. The number of aliphatic imine (C=N–C) groups is 1. The molecule has 1 atom stereocenters. The highest BCUT2D eigenvalue weighted by molar-refractivity contribution is 6.33. The van der Waals surface area contributed by atoms with E-state index in [4.69, 9.17) is 15.5 Å². The molecule has 0 amide bonds. The predicted octanol–water partition coefficient (Wildman–Crippen LogP) is 8.59. The summed E-state index contributed by atoms with van der Waals surface area (Å²) in [4.78, 5) is 5.13. The van der Waals surface area contributed by atoms with Crippen LogP contribution in [0.2, 0.25) is 0 Å². The average molecular weight is 594 g/mol. The third-order valence-electron chi connectivity index (χ3n) is 9.59. The highest BCUT2D eigenvalue weighted by atomic mass is 16.5. The molecule has 4 aliphatic rings. The average Bonchev–Trinajstić information content (AvgIpc) is 3.87. The van der Waals surface area contributed by atoms with Crippen molar-refractivity contribution in [2.45, 2.75) is 11.5 Å². The molecule has 1 aliphatic carbocycles. The van der Waals surface area contributed by atoms with E-state index in [2.05, 4.69) is 127 Å². The molecule has 3 aliphatic heterocycles. The van der Waals surface area contributed by atoms with E-state index < -0.39 is 5.41 Å². The third kappa shape index (κ3) is 3.90. The Hall–Kier alpha value is -5.87. The topological polar surface area (TPSA) is 59.6 Å². The summed E-state index contributed by atoms with van der Waals surface area (Å²) in [6.07, 6.45) is 8.35. The zero-order valence-electron chi connectivity index (χ0n) is 25.2. The molecule has 0 saturated heterocycles. The smallest absolute Gasteiger partial charge is 0.132 e. The van der Waals surface area contributed by atoms with Crippen LogP contribution in [-0.4, -0.2) is 12.3 Å². The van der Waals surface area contributed by atoms with Crippen LogP contribution in [0.15, 0.2) is 163 Å². The highest BCUT2D eigenvalue weighted by Gasteiger charge is 2.53. The van der Waals surface area contributed by atoms with Crippen molar-refractivity contribution in [2.24, 2.45) is 10.7 Å². The van der Waals surface area contributed by atoms with E-state index in [-0.39, 0.29) is 6.04 Å². The van der Waals surface area contributed by atoms with Crippen molar-refractivity contribution in [3.05, 3.63) is 196 Å². The third-order valence-corrected chi connectivity index (χ3v) is 9.59. The Morgan fingerprint density at radius 3 is 2.11 bits per heavy atom. The molecule has 0 saturated carbocycles. The maximum Gasteiger partial charge on any atom is 0.132 e. The number of allylic oxidation sites excluding steroid dienone is 5. The second kappa shape index (κ2) is 10.4. The number of rotatable bonds is 5. The summed E-state index contributed by atoms with van der Waals surface area (Å²) in [7, 11) is 0. The van der Waals surface area contributed by atoms with Crippen LogP contribution >= 0.6 is 0 Å². The van der Waals surface area contributed by atoms with Crippen molar-refractivity contribution in [3.8, 4) is 11.5 Å². The fourth-order valence-electron chi connectivity index (χ4n) is 7.53. The number of ether oxygens (including phenoxy) is 1. The first-order valence-electron chi connectivity index (χ1n) is 15.8.